The second kappa shape index (κ2) is 9.14. The quantitative estimate of drug-likeness (QED) is 0.825. The average molecular weight is 341 g/mol. The molecule has 2 unspecified atom stereocenters. The zero-order chi connectivity index (χ0) is 16.1. The number of anilines is 1. The van der Waals surface area contributed by atoms with Crippen LogP contribution in [0.1, 0.15) is 45.1 Å². The minimum Gasteiger partial charge on any atom is -0.493 e. The molecule has 5 heteroatoms. The van der Waals surface area contributed by atoms with Crippen LogP contribution in [0.25, 0.3) is 0 Å². The number of hydrogen-bond donors (Lipinski definition) is 2. The Hall–Kier alpha value is -1.26. The monoisotopic (exact) mass is 340 g/mol. The molecule has 1 aliphatic rings. The van der Waals surface area contributed by atoms with Crippen LogP contribution >= 0.6 is 12.4 Å². The Morgan fingerprint density at radius 3 is 2.74 bits per heavy atom. The van der Waals surface area contributed by atoms with Crippen LogP contribution in [0.3, 0.4) is 0 Å². The number of amides is 1. The van der Waals surface area contributed by atoms with Crippen LogP contribution < -0.4 is 15.8 Å². The van der Waals surface area contributed by atoms with E-state index in [1.54, 1.807) is 0 Å². The van der Waals surface area contributed by atoms with Gasteiger partial charge in [-0.1, -0.05) is 19.9 Å². The summed E-state index contributed by atoms with van der Waals surface area (Å²) in [7, 11) is 0. The van der Waals surface area contributed by atoms with E-state index in [9.17, 15) is 4.79 Å². The molecule has 23 heavy (non-hydrogen) atoms. The maximum absolute atomic E-state index is 12.3. The van der Waals surface area contributed by atoms with Crippen LogP contribution in [0.5, 0.6) is 5.75 Å². The number of halogens is 1. The summed E-state index contributed by atoms with van der Waals surface area (Å²) in [5, 5.41) is 3.00. The molecular weight excluding hydrogens is 312 g/mol. The number of benzene rings is 1. The maximum atomic E-state index is 12.3. The average Bonchev–Trinajstić information content (AvgIpc) is 2.88. The summed E-state index contributed by atoms with van der Waals surface area (Å²) in [4.78, 5) is 12.3. The molecule has 1 aromatic rings. The van der Waals surface area contributed by atoms with Crippen LogP contribution in [-0.4, -0.2) is 18.6 Å². The number of nitrogens with two attached hydrogens (primary N) is 1. The van der Waals surface area contributed by atoms with Crippen LogP contribution in [0.2, 0.25) is 0 Å². The summed E-state index contributed by atoms with van der Waals surface area (Å²) in [6.07, 6.45) is 3.64. The van der Waals surface area contributed by atoms with Crippen molar-refractivity contribution >= 4 is 24.0 Å². The third-order valence-electron chi connectivity index (χ3n) is 4.25. The number of rotatable bonds is 6. The summed E-state index contributed by atoms with van der Waals surface area (Å²) in [5.41, 5.74) is 7.77. The lowest BCUT2D eigenvalue weighted by Gasteiger charge is -2.14. The lowest BCUT2D eigenvalue weighted by Crippen LogP contribution is -2.23. The molecule has 0 heterocycles. The zero-order valence-electron chi connectivity index (χ0n) is 14.3. The van der Waals surface area contributed by atoms with Gasteiger partial charge in [-0.05, 0) is 50.2 Å². The van der Waals surface area contributed by atoms with E-state index < -0.39 is 0 Å². The molecule has 130 valence electrons. The van der Waals surface area contributed by atoms with Crippen molar-refractivity contribution in [2.24, 2.45) is 17.6 Å². The van der Waals surface area contributed by atoms with Crippen LogP contribution in [-0.2, 0) is 4.79 Å². The lowest BCUT2D eigenvalue weighted by molar-refractivity contribution is -0.119. The zero-order valence-corrected chi connectivity index (χ0v) is 15.1. The highest BCUT2D eigenvalue weighted by Crippen LogP contribution is 2.27. The molecule has 2 atom stereocenters. The van der Waals surface area contributed by atoms with E-state index in [1.807, 2.05) is 25.1 Å². The van der Waals surface area contributed by atoms with Crippen molar-refractivity contribution in [2.45, 2.75) is 52.5 Å². The summed E-state index contributed by atoms with van der Waals surface area (Å²) < 4.78 is 5.84. The van der Waals surface area contributed by atoms with Crippen molar-refractivity contribution < 1.29 is 9.53 Å². The van der Waals surface area contributed by atoms with Gasteiger partial charge < -0.3 is 15.8 Å². The van der Waals surface area contributed by atoms with Crippen molar-refractivity contribution in [1.82, 2.24) is 0 Å². The van der Waals surface area contributed by atoms with E-state index in [1.165, 1.54) is 0 Å². The van der Waals surface area contributed by atoms with Gasteiger partial charge in [-0.25, -0.2) is 0 Å². The molecule has 1 aliphatic carbocycles. The van der Waals surface area contributed by atoms with Gasteiger partial charge in [-0.2, -0.15) is 0 Å². The molecule has 3 N–H and O–H groups in total. The molecule has 0 aromatic heterocycles. The molecule has 1 amide bonds. The lowest BCUT2D eigenvalue weighted by atomic mass is 10.1. The normalized spacial score (nSPS) is 20.2. The number of hydrogen-bond acceptors (Lipinski definition) is 3. The van der Waals surface area contributed by atoms with Gasteiger partial charge in [-0.15, -0.1) is 12.4 Å². The number of aryl methyl sites for hydroxylation is 1. The predicted molar refractivity (Wildman–Crippen MR) is 97.3 cm³/mol. The van der Waals surface area contributed by atoms with Gasteiger partial charge in [0.15, 0.2) is 0 Å². The smallest absolute Gasteiger partial charge is 0.227 e. The number of ether oxygens (including phenoxy) is 1. The van der Waals surface area contributed by atoms with Crippen molar-refractivity contribution in [3.63, 3.8) is 0 Å². The van der Waals surface area contributed by atoms with Gasteiger partial charge >= 0.3 is 0 Å². The van der Waals surface area contributed by atoms with E-state index in [0.29, 0.717) is 12.5 Å². The van der Waals surface area contributed by atoms with E-state index in [-0.39, 0.29) is 30.3 Å². The number of nitrogens with one attached hydrogen (secondary N) is 1. The Balaban J connectivity index is 0.00000264. The SMILES string of the molecule is Cc1ccc(NC(=O)C2CCC(N)C2)cc1OCCC(C)C.Cl. The molecule has 0 bridgehead atoms. The molecule has 0 radical (unpaired) electrons. The Labute approximate surface area is 145 Å². The first-order valence-electron chi connectivity index (χ1n) is 8.25. The van der Waals surface area contributed by atoms with Crippen molar-refractivity contribution in [3.05, 3.63) is 23.8 Å². The minimum absolute atomic E-state index is 0. The van der Waals surface area contributed by atoms with E-state index in [4.69, 9.17) is 10.5 Å². The van der Waals surface area contributed by atoms with E-state index >= 15 is 0 Å². The molecule has 1 aromatic carbocycles. The third-order valence-corrected chi connectivity index (χ3v) is 4.25. The maximum Gasteiger partial charge on any atom is 0.227 e. The van der Waals surface area contributed by atoms with Gasteiger partial charge in [0.1, 0.15) is 5.75 Å². The fourth-order valence-electron chi connectivity index (χ4n) is 2.74. The summed E-state index contributed by atoms with van der Waals surface area (Å²) >= 11 is 0. The second-order valence-electron chi connectivity index (χ2n) is 6.77. The highest BCUT2D eigenvalue weighted by molar-refractivity contribution is 5.93. The van der Waals surface area contributed by atoms with Crippen molar-refractivity contribution in [2.75, 3.05) is 11.9 Å². The highest BCUT2D eigenvalue weighted by atomic mass is 35.5. The Bertz CT molecular complexity index is 520. The first kappa shape index (κ1) is 19.8. The number of carbonyl (C=O) groups is 1. The predicted octanol–water partition coefficient (Wildman–Crippen LogP) is 3.91. The Kier molecular flexibility index (Phi) is 7.86. The van der Waals surface area contributed by atoms with Crippen LogP contribution in [0, 0.1) is 18.8 Å². The molecular formula is C18H29ClN2O2. The molecule has 0 spiro atoms. The molecule has 0 aliphatic heterocycles. The Morgan fingerprint density at radius 2 is 2.13 bits per heavy atom. The minimum atomic E-state index is 0. The van der Waals surface area contributed by atoms with Gasteiger partial charge in [0.2, 0.25) is 5.91 Å². The molecule has 4 nitrogen and oxygen atoms in total. The topological polar surface area (TPSA) is 64.4 Å². The Morgan fingerprint density at radius 1 is 1.39 bits per heavy atom. The second-order valence-corrected chi connectivity index (χ2v) is 6.77. The molecule has 1 fully saturated rings. The summed E-state index contributed by atoms with van der Waals surface area (Å²) in [6.45, 7) is 7.08. The first-order chi connectivity index (χ1) is 10.5. The standard InChI is InChI=1S/C18H28N2O2.ClH/c1-12(2)8-9-22-17-11-16(7-4-13(17)3)20-18(21)14-5-6-15(19)10-14;/h4,7,11-12,14-15H,5-6,8-10,19H2,1-3H3,(H,20,21);1H. The molecule has 2 rings (SSSR count). The van der Waals surface area contributed by atoms with Gasteiger partial charge in [0, 0.05) is 23.7 Å². The molecule has 0 saturated heterocycles. The van der Waals surface area contributed by atoms with Crippen LogP contribution in [0.15, 0.2) is 18.2 Å². The highest BCUT2D eigenvalue weighted by Gasteiger charge is 2.27. The largest absolute Gasteiger partial charge is 0.493 e. The van der Waals surface area contributed by atoms with Gasteiger partial charge in [-0.3, -0.25) is 4.79 Å². The van der Waals surface area contributed by atoms with Gasteiger partial charge in [0.25, 0.3) is 0 Å². The van der Waals surface area contributed by atoms with Crippen molar-refractivity contribution in [3.8, 4) is 5.75 Å². The van der Waals surface area contributed by atoms with Crippen molar-refractivity contribution in [1.29, 1.82) is 0 Å². The van der Waals surface area contributed by atoms with Gasteiger partial charge in [0.05, 0.1) is 6.61 Å². The summed E-state index contributed by atoms with van der Waals surface area (Å²) in [5.74, 6) is 1.59. The van der Waals surface area contributed by atoms with Crippen LogP contribution in [0.4, 0.5) is 5.69 Å². The van der Waals surface area contributed by atoms with E-state index in [2.05, 4.69) is 19.2 Å². The fraction of sp³-hybridized carbons (Fsp3) is 0.611. The third kappa shape index (κ3) is 6.04. The summed E-state index contributed by atoms with van der Waals surface area (Å²) in [6, 6.07) is 6.00. The first-order valence-corrected chi connectivity index (χ1v) is 8.25. The molecule has 1 saturated carbocycles. The number of carbonyl (C=O) groups excluding carboxylic acids is 1. The van der Waals surface area contributed by atoms with E-state index in [0.717, 1.165) is 42.7 Å². The fourth-order valence-corrected chi connectivity index (χ4v) is 2.74.